The van der Waals surface area contributed by atoms with Crippen molar-refractivity contribution < 1.29 is 33.5 Å². The second kappa shape index (κ2) is 16.6. The van der Waals surface area contributed by atoms with Crippen LogP contribution in [0.1, 0.15) is 43.4 Å². The van der Waals surface area contributed by atoms with Crippen LogP contribution >= 0.6 is 0 Å². The number of carbonyl (C=O) groups excluding carboxylic acids is 6. The summed E-state index contributed by atoms with van der Waals surface area (Å²) in [5.41, 5.74) is 3.03. The third-order valence-corrected chi connectivity index (χ3v) is 9.76. The second-order valence-electron chi connectivity index (χ2n) is 13.6. The Labute approximate surface area is 307 Å². The number of ether oxygens (including phenoxy) is 1. The fourth-order valence-electron chi connectivity index (χ4n) is 6.96. The summed E-state index contributed by atoms with van der Waals surface area (Å²) in [5.74, 6) is -3.76. The predicted octanol–water partition coefficient (Wildman–Crippen LogP) is 2.09. The number of nitrogens with one attached hydrogen (secondary N) is 5. The normalized spacial score (nSPS) is 24.5. The summed E-state index contributed by atoms with van der Waals surface area (Å²) < 4.78 is 5.92. The molecule has 4 aromatic rings. The van der Waals surface area contributed by atoms with Crippen LogP contribution in [0.4, 0.5) is 0 Å². The molecule has 276 valence electrons. The summed E-state index contributed by atoms with van der Waals surface area (Å²) in [4.78, 5) is 87.7. The lowest BCUT2D eigenvalue weighted by Crippen LogP contribution is -2.61. The van der Waals surface area contributed by atoms with Crippen molar-refractivity contribution in [3.8, 4) is 0 Å². The van der Waals surface area contributed by atoms with E-state index in [4.69, 9.17) is 4.74 Å². The van der Waals surface area contributed by atoms with Gasteiger partial charge in [-0.15, -0.1) is 0 Å². The molecule has 0 saturated carbocycles. The first-order valence-corrected chi connectivity index (χ1v) is 17.9. The fraction of sp³-hybridized carbons (Fsp3) is 0.350. The SMILES string of the molecule is CC1NC(=O)C(Cc2ccccc2)NC(=O)C(NC(=O)Cc2ccccc2)C(C)OC(=O)C(Cc2c[nH]c3ccccc23)NC(=O)C2CCCN2C1=O. The van der Waals surface area contributed by atoms with Crippen molar-refractivity contribution >= 4 is 46.4 Å². The zero-order chi connectivity index (χ0) is 37.5. The van der Waals surface area contributed by atoms with Crippen molar-refractivity contribution in [3.05, 3.63) is 108 Å². The smallest absolute Gasteiger partial charge is 0.329 e. The highest BCUT2D eigenvalue weighted by atomic mass is 16.5. The zero-order valence-corrected chi connectivity index (χ0v) is 29.7. The first-order chi connectivity index (χ1) is 25.6. The fourth-order valence-corrected chi connectivity index (χ4v) is 6.96. The number of benzene rings is 3. The van der Waals surface area contributed by atoms with E-state index in [0.717, 1.165) is 22.0 Å². The number of esters is 1. The number of H-pyrrole nitrogens is 1. The van der Waals surface area contributed by atoms with Gasteiger partial charge in [0.2, 0.25) is 29.5 Å². The number of rotatable bonds is 7. The molecule has 6 rings (SSSR count). The van der Waals surface area contributed by atoms with Crippen LogP contribution in [0.2, 0.25) is 0 Å². The quantitative estimate of drug-likeness (QED) is 0.182. The number of aromatic amines is 1. The Bertz CT molecular complexity index is 1970. The van der Waals surface area contributed by atoms with Crippen LogP contribution in [0.3, 0.4) is 0 Å². The first-order valence-electron chi connectivity index (χ1n) is 17.9. The van der Waals surface area contributed by atoms with E-state index in [2.05, 4.69) is 26.3 Å². The van der Waals surface area contributed by atoms with Gasteiger partial charge < -0.3 is 35.9 Å². The van der Waals surface area contributed by atoms with E-state index >= 15 is 0 Å². The molecule has 1 aromatic heterocycles. The number of cyclic esters (lactones) is 1. The third-order valence-electron chi connectivity index (χ3n) is 9.76. The van der Waals surface area contributed by atoms with Crippen molar-refractivity contribution in [2.75, 3.05) is 6.54 Å². The number of hydrogen-bond acceptors (Lipinski definition) is 7. The average Bonchev–Trinajstić information content (AvgIpc) is 3.81. The molecule has 13 heteroatoms. The van der Waals surface area contributed by atoms with E-state index in [-0.39, 0.29) is 19.3 Å². The van der Waals surface area contributed by atoms with Crippen LogP contribution in [-0.4, -0.2) is 88.2 Å². The predicted molar refractivity (Wildman–Crippen MR) is 196 cm³/mol. The largest absolute Gasteiger partial charge is 0.458 e. The number of para-hydroxylation sites is 1. The van der Waals surface area contributed by atoms with E-state index in [1.54, 1.807) is 54.7 Å². The van der Waals surface area contributed by atoms with Gasteiger partial charge in [0.25, 0.3) is 0 Å². The van der Waals surface area contributed by atoms with Crippen LogP contribution in [0, 0.1) is 0 Å². The van der Waals surface area contributed by atoms with Crippen LogP contribution in [0.25, 0.3) is 10.9 Å². The van der Waals surface area contributed by atoms with Crippen molar-refractivity contribution in [3.63, 3.8) is 0 Å². The molecule has 2 fully saturated rings. The molecular weight excluding hydrogens is 676 g/mol. The highest BCUT2D eigenvalue weighted by Crippen LogP contribution is 2.22. The Morgan fingerprint density at radius 3 is 2.17 bits per heavy atom. The maximum Gasteiger partial charge on any atom is 0.329 e. The topological polar surface area (TPSA) is 179 Å². The minimum Gasteiger partial charge on any atom is -0.458 e. The number of hydrogen-bond donors (Lipinski definition) is 5. The van der Waals surface area contributed by atoms with E-state index < -0.39 is 71.8 Å². The summed E-state index contributed by atoms with van der Waals surface area (Å²) >= 11 is 0. The minimum absolute atomic E-state index is 0.0464. The zero-order valence-electron chi connectivity index (χ0n) is 29.7. The molecule has 53 heavy (non-hydrogen) atoms. The lowest BCUT2D eigenvalue weighted by molar-refractivity contribution is -0.156. The van der Waals surface area contributed by atoms with Gasteiger partial charge in [-0.1, -0.05) is 78.9 Å². The maximum atomic E-state index is 14.1. The van der Waals surface area contributed by atoms with Gasteiger partial charge in [0.15, 0.2) is 0 Å². The van der Waals surface area contributed by atoms with Gasteiger partial charge in [-0.2, -0.15) is 0 Å². The molecule has 0 radical (unpaired) electrons. The molecular formula is C40H44N6O7. The standard InChI is InChI=1S/C40H44N6O7/c1-24-39(51)46-19-11-18-33(46)37(49)44-32(22-28-23-41-30-17-10-9-16-29(28)30)40(52)53-25(2)35(45-34(47)21-27-14-7-4-8-15-27)38(50)43-31(36(48)42-24)20-26-12-5-3-6-13-26/h3-10,12-17,23-25,31-33,35,41H,11,18-22H2,1-2H3,(H,42,48)(H,43,50)(H,44,49)(H,45,47). The van der Waals surface area contributed by atoms with Crippen molar-refractivity contribution in [1.29, 1.82) is 0 Å². The molecule has 6 unspecified atom stereocenters. The Hall–Kier alpha value is -5.98. The van der Waals surface area contributed by atoms with Gasteiger partial charge >= 0.3 is 5.97 Å². The summed E-state index contributed by atoms with van der Waals surface area (Å²) in [6, 6.07) is 19.8. The van der Waals surface area contributed by atoms with Gasteiger partial charge in [-0.25, -0.2) is 4.79 Å². The van der Waals surface area contributed by atoms with Crippen molar-refractivity contribution in [2.24, 2.45) is 0 Å². The molecule has 5 N–H and O–H groups in total. The maximum absolute atomic E-state index is 14.1. The number of nitrogens with zero attached hydrogens (tertiary/aromatic N) is 1. The van der Waals surface area contributed by atoms with Gasteiger partial charge in [0.05, 0.1) is 6.42 Å². The first kappa shape index (κ1) is 36.8. The van der Waals surface area contributed by atoms with Crippen molar-refractivity contribution in [1.82, 2.24) is 31.2 Å². The number of fused-ring (bicyclic) bond motifs is 2. The molecule has 2 saturated heterocycles. The molecule has 6 atom stereocenters. The summed E-state index contributed by atoms with van der Waals surface area (Å²) in [6.45, 7) is 3.30. The van der Waals surface area contributed by atoms with Crippen LogP contribution < -0.4 is 21.3 Å². The highest BCUT2D eigenvalue weighted by Gasteiger charge is 2.40. The number of amides is 5. The third kappa shape index (κ3) is 8.91. The van der Waals surface area contributed by atoms with Gasteiger partial charge in [0.1, 0.15) is 36.3 Å². The summed E-state index contributed by atoms with van der Waals surface area (Å²) in [6.07, 6.45) is 1.50. The molecule has 13 nitrogen and oxygen atoms in total. The molecule has 0 spiro atoms. The van der Waals surface area contributed by atoms with Crippen LogP contribution in [-0.2, 0) is 52.8 Å². The van der Waals surface area contributed by atoms with E-state index in [0.29, 0.717) is 24.9 Å². The number of aromatic nitrogens is 1. The molecule has 0 aliphatic carbocycles. The molecule has 3 aromatic carbocycles. The molecule has 0 bridgehead atoms. The Kier molecular flexibility index (Phi) is 11.5. The molecule has 2 aliphatic rings. The van der Waals surface area contributed by atoms with Gasteiger partial charge in [-0.05, 0) is 49.4 Å². The van der Waals surface area contributed by atoms with Crippen molar-refractivity contribution in [2.45, 2.75) is 82.3 Å². The monoisotopic (exact) mass is 720 g/mol. The van der Waals surface area contributed by atoms with Gasteiger partial charge in [0, 0.05) is 36.5 Å². The minimum atomic E-state index is -1.43. The van der Waals surface area contributed by atoms with Crippen LogP contribution in [0.15, 0.2) is 91.1 Å². The molecule has 5 amide bonds. The Morgan fingerprint density at radius 2 is 1.43 bits per heavy atom. The lowest BCUT2D eigenvalue weighted by atomic mass is 10.0. The molecule has 3 heterocycles. The van der Waals surface area contributed by atoms with E-state index in [9.17, 15) is 28.8 Å². The van der Waals surface area contributed by atoms with Crippen LogP contribution in [0.5, 0.6) is 0 Å². The van der Waals surface area contributed by atoms with E-state index in [1.165, 1.54) is 18.7 Å². The van der Waals surface area contributed by atoms with E-state index in [1.807, 2.05) is 36.4 Å². The lowest BCUT2D eigenvalue weighted by Gasteiger charge is -2.31. The Morgan fingerprint density at radius 1 is 0.774 bits per heavy atom. The highest BCUT2D eigenvalue weighted by molar-refractivity contribution is 5.97. The number of carbonyl (C=O) groups is 6. The summed E-state index contributed by atoms with van der Waals surface area (Å²) in [7, 11) is 0. The summed E-state index contributed by atoms with van der Waals surface area (Å²) in [5, 5.41) is 11.9. The average molecular weight is 721 g/mol. The second-order valence-corrected chi connectivity index (χ2v) is 13.6. The molecule has 2 aliphatic heterocycles. The Balaban J connectivity index is 1.34. The van der Waals surface area contributed by atoms with Gasteiger partial charge in [-0.3, -0.25) is 24.0 Å².